The lowest BCUT2D eigenvalue weighted by atomic mass is 9.84. The average Bonchev–Trinajstić information content (AvgIpc) is 2.68. The molecule has 2 aromatic rings. The van der Waals surface area contributed by atoms with Crippen molar-refractivity contribution in [3.8, 4) is 5.75 Å². The Morgan fingerprint density at radius 1 is 1.11 bits per heavy atom. The summed E-state index contributed by atoms with van der Waals surface area (Å²) in [5, 5.41) is 20.5. The van der Waals surface area contributed by atoms with Crippen LogP contribution in [0.1, 0.15) is 23.5 Å². The van der Waals surface area contributed by atoms with E-state index in [4.69, 9.17) is 4.74 Å². The number of hydrogen-bond donors (Lipinski definition) is 2. The minimum absolute atomic E-state index is 0.0574. The van der Waals surface area contributed by atoms with Gasteiger partial charge in [0.15, 0.2) is 0 Å². The van der Waals surface area contributed by atoms with Gasteiger partial charge in [0.25, 0.3) is 0 Å². The zero-order valence-electron chi connectivity index (χ0n) is 15.4. The van der Waals surface area contributed by atoms with Crippen LogP contribution in [-0.2, 0) is 10.0 Å². The molecule has 0 saturated carbocycles. The van der Waals surface area contributed by atoms with E-state index in [2.05, 4.69) is 0 Å². The van der Waals surface area contributed by atoms with Gasteiger partial charge in [0.05, 0.1) is 24.7 Å². The van der Waals surface area contributed by atoms with Gasteiger partial charge in [-0.1, -0.05) is 29.8 Å². The monoisotopic (exact) mass is 391 g/mol. The third-order valence-electron chi connectivity index (χ3n) is 5.15. The van der Waals surface area contributed by atoms with E-state index in [-0.39, 0.29) is 24.0 Å². The predicted octanol–water partition coefficient (Wildman–Crippen LogP) is 1.90. The fourth-order valence-electron chi connectivity index (χ4n) is 3.54. The molecule has 1 saturated heterocycles. The van der Waals surface area contributed by atoms with Crippen LogP contribution < -0.4 is 4.74 Å². The fraction of sp³-hybridized carbons (Fsp3) is 0.400. The molecule has 6 nitrogen and oxygen atoms in total. The molecule has 0 spiro atoms. The molecule has 0 radical (unpaired) electrons. The number of benzene rings is 2. The largest absolute Gasteiger partial charge is 0.497 e. The number of ether oxygens (including phenoxy) is 1. The Kier molecular flexibility index (Phi) is 5.86. The minimum Gasteiger partial charge on any atom is -0.497 e. The molecule has 1 aliphatic heterocycles. The van der Waals surface area contributed by atoms with Gasteiger partial charge in [-0.25, -0.2) is 8.42 Å². The Bertz CT molecular complexity index is 864. The molecule has 27 heavy (non-hydrogen) atoms. The van der Waals surface area contributed by atoms with Crippen LogP contribution in [0.15, 0.2) is 53.4 Å². The summed E-state index contributed by atoms with van der Waals surface area (Å²) in [7, 11) is -2.21. The van der Waals surface area contributed by atoms with E-state index < -0.39 is 22.2 Å². The number of sulfonamides is 1. The van der Waals surface area contributed by atoms with Gasteiger partial charge in [0, 0.05) is 18.5 Å². The Hall–Kier alpha value is -1.93. The first kappa shape index (κ1) is 19.8. The van der Waals surface area contributed by atoms with E-state index in [1.165, 1.54) is 4.31 Å². The SMILES string of the molecule is COc1ccc([C@H]2C[C@@H](CO)N(S(=O)(=O)c3ccc(C)cc3)C[C@@H]2O)cc1. The number of methoxy groups -OCH3 is 1. The van der Waals surface area contributed by atoms with Gasteiger partial charge in [0.1, 0.15) is 5.75 Å². The van der Waals surface area contributed by atoms with Crippen LogP contribution in [0.4, 0.5) is 0 Å². The highest BCUT2D eigenvalue weighted by molar-refractivity contribution is 7.89. The molecule has 1 fully saturated rings. The van der Waals surface area contributed by atoms with Crippen molar-refractivity contribution in [3.05, 3.63) is 59.7 Å². The summed E-state index contributed by atoms with van der Waals surface area (Å²) < 4.78 is 32.4. The molecule has 2 aromatic carbocycles. The molecule has 1 aliphatic rings. The number of piperidine rings is 1. The predicted molar refractivity (Wildman–Crippen MR) is 102 cm³/mol. The molecule has 1 heterocycles. The lowest BCUT2D eigenvalue weighted by Crippen LogP contribution is -2.52. The molecule has 3 atom stereocenters. The maximum Gasteiger partial charge on any atom is 0.243 e. The summed E-state index contributed by atoms with van der Waals surface area (Å²) in [5.41, 5.74) is 1.86. The molecular weight excluding hydrogens is 366 g/mol. The Balaban J connectivity index is 1.86. The van der Waals surface area contributed by atoms with Crippen LogP contribution in [0.2, 0.25) is 0 Å². The maximum atomic E-state index is 13.0. The van der Waals surface area contributed by atoms with E-state index in [1.807, 2.05) is 31.2 Å². The highest BCUT2D eigenvalue weighted by atomic mass is 32.2. The zero-order chi connectivity index (χ0) is 19.6. The number of aliphatic hydroxyl groups is 2. The lowest BCUT2D eigenvalue weighted by Gasteiger charge is -2.40. The van der Waals surface area contributed by atoms with E-state index in [0.717, 1.165) is 11.1 Å². The third-order valence-corrected chi connectivity index (χ3v) is 7.08. The summed E-state index contributed by atoms with van der Waals surface area (Å²) in [5.74, 6) is 0.462. The number of β-amino-alcohol motifs (C(OH)–C–C–N with tert-alkyl or cyclic N) is 1. The van der Waals surface area contributed by atoms with Crippen LogP contribution in [0.25, 0.3) is 0 Å². The summed E-state index contributed by atoms with van der Waals surface area (Å²) >= 11 is 0. The molecule has 0 aliphatic carbocycles. The van der Waals surface area contributed by atoms with Gasteiger partial charge >= 0.3 is 0 Å². The van der Waals surface area contributed by atoms with E-state index in [1.54, 1.807) is 31.4 Å². The van der Waals surface area contributed by atoms with E-state index in [9.17, 15) is 18.6 Å². The van der Waals surface area contributed by atoms with Gasteiger partial charge in [-0.2, -0.15) is 4.31 Å². The van der Waals surface area contributed by atoms with Gasteiger partial charge in [0.2, 0.25) is 10.0 Å². The molecule has 3 rings (SSSR count). The normalized spacial score (nSPS) is 23.9. The zero-order valence-corrected chi connectivity index (χ0v) is 16.3. The standard InChI is InChI=1S/C20H25NO5S/c1-14-3-9-18(10-4-14)27(24,25)21-12-20(23)19(11-16(21)13-22)15-5-7-17(26-2)8-6-15/h3-10,16,19-20,22-23H,11-13H2,1-2H3/t16-,19+,20-/m0/s1. The van der Waals surface area contributed by atoms with Crippen molar-refractivity contribution < 1.29 is 23.4 Å². The minimum atomic E-state index is -3.80. The second kappa shape index (κ2) is 7.98. The second-order valence-corrected chi connectivity index (χ2v) is 8.80. The Labute approximate surface area is 160 Å². The first-order valence-corrected chi connectivity index (χ1v) is 10.3. The topological polar surface area (TPSA) is 87.1 Å². The molecule has 0 bridgehead atoms. The molecule has 0 aromatic heterocycles. The number of rotatable bonds is 5. The number of aliphatic hydroxyl groups excluding tert-OH is 2. The van der Waals surface area contributed by atoms with Crippen molar-refractivity contribution in [2.75, 3.05) is 20.3 Å². The molecule has 0 amide bonds. The smallest absolute Gasteiger partial charge is 0.243 e. The van der Waals surface area contributed by atoms with Gasteiger partial charge in [-0.15, -0.1) is 0 Å². The van der Waals surface area contributed by atoms with Crippen molar-refractivity contribution in [1.29, 1.82) is 0 Å². The molecule has 146 valence electrons. The highest BCUT2D eigenvalue weighted by Gasteiger charge is 2.41. The summed E-state index contributed by atoms with van der Waals surface area (Å²) in [6, 6.07) is 13.4. The fourth-order valence-corrected chi connectivity index (χ4v) is 5.19. The number of nitrogens with zero attached hydrogens (tertiary/aromatic N) is 1. The quantitative estimate of drug-likeness (QED) is 0.813. The van der Waals surface area contributed by atoms with Gasteiger partial charge in [-0.05, 0) is 43.2 Å². The van der Waals surface area contributed by atoms with Crippen LogP contribution in [-0.4, -0.2) is 55.3 Å². The third kappa shape index (κ3) is 4.01. The van der Waals surface area contributed by atoms with Crippen LogP contribution in [0.5, 0.6) is 5.75 Å². The van der Waals surface area contributed by atoms with Crippen LogP contribution in [0, 0.1) is 6.92 Å². The number of aryl methyl sites for hydroxylation is 1. The molecule has 0 unspecified atom stereocenters. The average molecular weight is 391 g/mol. The van der Waals surface area contributed by atoms with Crippen LogP contribution in [0.3, 0.4) is 0 Å². The Morgan fingerprint density at radius 2 is 1.74 bits per heavy atom. The van der Waals surface area contributed by atoms with Crippen molar-refractivity contribution >= 4 is 10.0 Å². The van der Waals surface area contributed by atoms with Gasteiger partial charge in [-0.3, -0.25) is 0 Å². The first-order valence-electron chi connectivity index (χ1n) is 8.88. The van der Waals surface area contributed by atoms with Crippen molar-refractivity contribution in [3.63, 3.8) is 0 Å². The van der Waals surface area contributed by atoms with E-state index >= 15 is 0 Å². The van der Waals surface area contributed by atoms with Gasteiger partial charge < -0.3 is 14.9 Å². The highest BCUT2D eigenvalue weighted by Crippen LogP contribution is 2.35. The molecule has 7 heteroatoms. The lowest BCUT2D eigenvalue weighted by molar-refractivity contribution is 0.0405. The molecule has 2 N–H and O–H groups in total. The molecular formula is C20H25NO5S. The maximum absolute atomic E-state index is 13.0. The number of hydrogen-bond acceptors (Lipinski definition) is 5. The second-order valence-electron chi connectivity index (χ2n) is 6.91. The summed E-state index contributed by atoms with van der Waals surface area (Å²) in [6.45, 7) is 1.53. The van der Waals surface area contributed by atoms with E-state index in [0.29, 0.717) is 12.2 Å². The Morgan fingerprint density at radius 3 is 2.30 bits per heavy atom. The summed E-state index contributed by atoms with van der Waals surface area (Å²) in [6.07, 6.45) is -0.517. The van der Waals surface area contributed by atoms with Crippen molar-refractivity contribution in [1.82, 2.24) is 4.31 Å². The van der Waals surface area contributed by atoms with Crippen LogP contribution >= 0.6 is 0 Å². The van der Waals surface area contributed by atoms with Crippen molar-refractivity contribution in [2.24, 2.45) is 0 Å². The first-order chi connectivity index (χ1) is 12.9. The summed E-state index contributed by atoms with van der Waals surface area (Å²) in [4.78, 5) is 0.168. The van der Waals surface area contributed by atoms with Crippen molar-refractivity contribution in [2.45, 2.75) is 36.3 Å².